The molecule has 0 spiro atoms. The Bertz CT molecular complexity index is 284. The molecule has 0 fully saturated rings. The van der Waals surface area contributed by atoms with Gasteiger partial charge in [0.1, 0.15) is 0 Å². The quantitative estimate of drug-likeness (QED) is 0.593. The van der Waals surface area contributed by atoms with E-state index in [0.29, 0.717) is 0 Å². The van der Waals surface area contributed by atoms with Crippen LogP contribution in [0.4, 0.5) is 10.7 Å². The van der Waals surface area contributed by atoms with Gasteiger partial charge in [-0.25, -0.2) is 9.59 Å². The van der Waals surface area contributed by atoms with Crippen molar-refractivity contribution in [2.75, 3.05) is 5.32 Å². The van der Waals surface area contributed by atoms with Gasteiger partial charge in [-0.3, -0.25) is 5.32 Å². The number of carboxylic acid groups (broad SMARTS) is 1. The molecule has 0 bridgehead atoms. The van der Waals surface area contributed by atoms with Crippen molar-refractivity contribution in [3.63, 3.8) is 0 Å². The van der Waals surface area contributed by atoms with Gasteiger partial charge in [-0.1, -0.05) is 0 Å². The average Bonchev–Trinajstić information content (AvgIpc) is 2.13. The lowest BCUT2D eigenvalue weighted by atomic mass is 10.8. The number of nitrogens with one attached hydrogen (secondary N) is 1. The maximum absolute atomic E-state index is 10.1. The fourth-order valence-electron chi connectivity index (χ4n) is 0.400. The largest absolute Gasteiger partial charge is 0.520 e. The van der Waals surface area contributed by atoms with Crippen LogP contribution in [0, 0.1) is 0 Å². The van der Waals surface area contributed by atoms with Gasteiger partial charge in [0.05, 0.1) is 0 Å². The Morgan fingerprint density at radius 3 is 2.80 bits per heavy atom. The van der Waals surface area contributed by atoms with Crippen molar-refractivity contribution in [1.82, 2.24) is 0 Å². The third-order valence-corrected chi connectivity index (χ3v) is 0.686. The summed E-state index contributed by atoms with van der Waals surface area (Å²) in [5.74, 6) is -1.17. The molecule has 2 N–H and O–H groups in total. The molecule has 0 aliphatic carbocycles. The maximum atomic E-state index is 10.1. The van der Waals surface area contributed by atoms with Gasteiger partial charge in [-0.15, -0.1) is 0 Å². The summed E-state index contributed by atoms with van der Waals surface area (Å²) in [4.78, 5) is 20.0. The van der Waals surface area contributed by atoms with Crippen LogP contribution in [0.25, 0.3) is 0 Å². The van der Waals surface area contributed by atoms with Crippen LogP contribution in [-0.2, 0) is 0 Å². The summed E-state index contributed by atoms with van der Waals surface area (Å²) in [6, 6.07) is 0. The number of hydrogen-bond acceptors (Lipinski definition) is 4. The SMILES string of the molecule is O=C(O)Nc1coc(=O)o1. The van der Waals surface area contributed by atoms with Crippen LogP contribution in [0.3, 0.4) is 0 Å². The third kappa shape index (κ3) is 1.38. The molecule has 54 valence electrons. The summed E-state index contributed by atoms with van der Waals surface area (Å²) < 4.78 is 8.30. The normalized spacial score (nSPS) is 9.20. The van der Waals surface area contributed by atoms with Crippen molar-refractivity contribution in [2.45, 2.75) is 0 Å². The summed E-state index contributed by atoms with van der Waals surface area (Å²) in [6.45, 7) is 0. The van der Waals surface area contributed by atoms with E-state index in [2.05, 4.69) is 8.83 Å². The Morgan fingerprint density at radius 1 is 1.70 bits per heavy atom. The Balaban J connectivity index is 2.76. The lowest BCUT2D eigenvalue weighted by molar-refractivity contribution is 0.209. The molecular weight excluding hydrogens is 142 g/mol. The Morgan fingerprint density at radius 2 is 2.40 bits per heavy atom. The van der Waals surface area contributed by atoms with E-state index in [1.807, 2.05) is 0 Å². The van der Waals surface area contributed by atoms with E-state index in [9.17, 15) is 9.59 Å². The Labute approximate surface area is 54.1 Å². The highest BCUT2D eigenvalue weighted by molar-refractivity contribution is 5.80. The second-order valence-corrected chi connectivity index (χ2v) is 1.38. The van der Waals surface area contributed by atoms with Crippen molar-refractivity contribution in [2.24, 2.45) is 0 Å². The fourth-order valence-corrected chi connectivity index (χ4v) is 0.400. The molecule has 0 saturated carbocycles. The topological polar surface area (TPSA) is 92.7 Å². The zero-order chi connectivity index (χ0) is 7.56. The highest BCUT2D eigenvalue weighted by Gasteiger charge is 2.02. The third-order valence-electron chi connectivity index (χ3n) is 0.686. The fraction of sp³-hybridized carbons (Fsp3) is 0. The molecule has 6 nitrogen and oxygen atoms in total. The van der Waals surface area contributed by atoms with E-state index in [4.69, 9.17) is 5.11 Å². The first kappa shape index (κ1) is 6.40. The molecule has 6 heteroatoms. The van der Waals surface area contributed by atoms with Gasteiger partial charge >= 0.3 is 11.9 Å². The number of amides is 1. The van der Waals surface area contributed by atoms with Crippen LogP contribution in [0.15, 0.2) is 19.9 Å². The summed E-state index contributed by atoms with van der Waals surface area (Å²) in [5.41, 5.74) is 0. The second kappa shape index (κ2) is 2.26. The Kier molecular flexibility index (Phi) is 1.44. The van der Waals surface area contributed by atoms with E-state index >= 15 is 0 Å². The average molecular weight is 145 g/mol. The summed E-state index contributed by atoms with van der Waals surface area (Å²) in [5, 5.41) is 9.84. The standard InChI is InChI=1S/C4H3NO5/c6-3(7)5-2-1-9-4(8)10-2/h1,5H,(H,6,7). The molecule has 0 radical (unpaired) electrons. The predicted octanol–water partition coefficient (Wildman–Crippen LogP) is 0.323. The highest BCUT2D eigenvalue weighted by Crippen LogP contribution is 2.00. The van der Waals surface area contributed by atoms with Gasteiger partial charge < -0.3 is 13.9 Å². The molecule has 0 saturated heterocycles. The van der Waals surface area contributed by atoms with Crippen molar-refractivity contribution in [3.8, 4) is 0 Å². The lowest BCUT2D eigenvalue weighted by Crippen LogP contribution is -2.06. The molecule has 0 aromatic carbocycles. The molecular formula is C4H3NO5. The van der Waals surface area contributed by atoms with Crippen molar-refractivity contribution >= 4 is 12.0 Å². The van der Waals surface area contributed by atoms with E-state index in [1.165, 1.54) is 0 Å². The second-order valence-electron chi connectivity index (χ2n) is 1.38. The first-order valence-electron chi connectivity index (χ1n) is 2.27. The molecule has 1 heterocycles. The van der Waals surface area contributed by atoms with Gasteiger partial charge in [0, 0.05) is 0 Å². The molecule has 0 unspecified atom stereocenters. The van der Waals surface area contributed by atoms with Crippen LogP contribution in [0.1, 0.15) is 0 Å². The zero-order valence-corrected chi connectivity index (χ0v) is 4.66. The van der Waals surface area contributed by atoms with E-state index in [0.717, 1.165) is 6.26 Å². The van der Waals surface area contributed by atoms with Crippen LogP contribution < -0.4 is 11.1 Å². The number of rotatable bonds is 1. The maximum Gasteiger partial charge on any atom is 0.520 e. The lowest BCUT2D eigenvalue weighted by Gasteiger charge is -1.87. The predicted molar refractivity (Wildman–Crippen MR) is 28.9 cm³/mol. The van der Waals surface area contributed by atoms with Crippen molar-refractivity contribution in [3.05, 3.63) is 16.9 Å². The number of hydrogen-bond donors (Lipinski definition) is 2. The molecule has 1 aromatic rings. The van der Waals surface area contributed by atoms with Gasteiger partial charge in [0.2, 0.25) is 5.88 Å². The smallest absolute Gasteiger partial charge is 0.465 e. The first-order valence-corrected chi connectivity index (χ1v) is 2.27. The van der Waals surface area contributed by atoms with E-state index < -0.39 is 11.9 Å². The molecule has 0 atom stereocenters. The number of anilines is 1. The monoisotopic (exact) mass is 145 g/mol. The van der Waals surface area contributed by atoms with Gasteiger partial charge in [0.15, 0.2) is 6.26 Å². The minimum atomic E-state index is -1.32. The molecule has 1 rings (SSSR count). The summed E-state index contributed by atoms with van der Waals surface area (Å²) >= 11 is 0. The molecule has 0 aliphatic rings. The Hall–Kier alpha value is -1.72. The minimum Gasteiger partial charge on any atom is -0.465 e. The molecule has 1 amide bonds. The number of carbonyl (C=O) groups is 1. The zero-order valence-electron chi connectivity index (χ0n) is 4.66. The van der Waals surface area contributed by atoms with Crippen molar-refractivity contribution < 1.29 is 18.7 Å². The first-order chi connectivity index (χ1) is 4.68. The van der Waals surface area contributed by atoms with Crippen molar-refractivity contribution in [1.29, 1.82) is 0 Å². The van der Waals surface area contributed by atoms with Gasteiger partial charge in [0.25, 0.3) is 0 Å². The minimum absolute atomic E-state index is 0.225. The van der Waals surface area contributed by atoms with Crippen LogP contribution in [0.2, 0.25) is 0 Å². The molecule has 1 aromatic heterocycles. The van der Waals surface area contributed by atoms with E-state index in [-0.39, 0.29) is 5.88 Å². The highest BCUT2D eigenvalue weighted by atomic mass is 16.6. The van der Waals surface area contributed by atoms with Crippen LogP contribution >= 0.6 is 0 Å². The summed E-state index contributed by atoms with van der Waals surface area (Å²) in [6.07, 6.45) is -0.444. The van der Waals surface area contributed by atoms with Gasteiger partial charge in [-0.05, 0) is 0 Å². The molecule has 10 heavy (non-hydrogen) atoms. The van der Waals surface area contributed by atoms with Crippen LogP contribution in [0.5, 0.6) is 0 Å². The molecule has 0 aliphatic heterocycles. The van der Waals surface area contributed by atoms with Crippen LogP contribution in [-0.4, -0.2) is 11.2 Å². The van der Waals surface area contributed by atoms with Gasteiger partial charge in [-0.2, -0.15) is 0 Å². The van der Waals surface area contributed by atoms with E-state index in [1.54, 1.807) is 5.32 Å². The summed E-state index contributed by atoms with van der Waals surface area (Å²) in [7, 11) is 0.